The van der Waals surface area contributed by atoms with Gasteiger partial charge in [-0.25, -0.2) is 4.79 Å². The van der Waals surface area contributed by atoms with Gasteiger partial charge in [-0.2, -0.15) is 0 Å². The molecule has 0 aliphatic carbocycles. The van der Waals surface area contributed by atoms with Crippen LogP contribution in [0.1, 0.15) is 32.6 Å². The van der Waals surface area contributed by atoms with Crippen LogP contribution in [0.5, 0.6) is 0 Å². The first-order valence-electron chi connectivity index (χ1n) is 11.1. The van der Waals surface area contributed by atoms with Crippen molar-refractivity contribution in [3.63, 3.8) is 0 Å². The van der Waals surface area contributed by atoms with Crippen LogP contribution >= 0.6 is 0 Å². The average Bonchev–Trinajstić information content (AvgIpc) is 3.49. The van der Waals surface area contributed by atoms with Crippen molar-refractivity contribution in [2.24, 2.45) is 5.92 Å². The molecule has 1 aromatic heterocycles. The number of rotatable bonds is 6. The summed E-state index contributed by atoms with van der Waals surface area (Å²) in [6.45, 7) is 6.19. The van der Waals surface area contributed by atoms with Crippen LogP contribution in [0.3, 0.4) is 0 Å². The highest BCUT2D eigenvalue weighted by molar-refractivity contribution is 5.90. The Morgan fingerprint density at radius 2 is 2.03 bits per heavy atom. The summed E-state index contributed by atoms with van der Waals surface area (Å²) in [6, 6.07) is 7.59. The van der Waals surface area contributed by atoms with Crippen LogP contribution in [-0.4, -0.2) is 70.7 Å². The summed E-state index contributed by atoms with van der Waals surface area (Å²) in [4.78, 5) is 29.5. The summed E-state index contributed by atoms with van der Waals surface area (Å²) < 4.78 is 5.21. The van der Waals surface area contributed by atoms with Crippen molar-refractivity contribution in [2.75, 3.05) is 38.0 Å². The highest BCUT2D eigenvalue weighted by atomic mass is 16.4. The van der Waals surface area contributed by atoms with E-state index in [0.29, 0.717) is 43.6 Å². The van der Waals surface area contributed by atoms with Crippen LogP contribution < -0.4 is 10.6 Å². The quantitative estimate of drug-likeness (QED) is 0.736. The number of amides is 3. The number of carbonyl (C=O) groups is 2. The second-order valence-electron chi connectivity index (χ2n) is 8.19. The zero-order valence-corrected chi connectivity index (χ0v) is 17.9. The zero-order valence-electron chi connectivity index (χ0n) is 17.9. The van der Waals surface area contributed by atoms with Gasteiger partial charge in [0, 0.05) is 42.8 Å². The van der Waals surface area contributed by atoms with Crippen molar-refractivity contribution in [3.05, 3.63) is 30.7 Å². The van der Waals surface area contributed by atoms with Crippen LogP contribution in [0, 0.1) is 5.92 Å². The Balaban J connectivity index is 1.23. The van der Waals surface area contributed by atoms with Crippen molar-refractivity contribution in [3.8, 4) is 11.5 Å². The molecule has 0 radical (unpaired) electrons. The molecule has 2 aromatic rings. The smallest absolute Gasteiger partial charge is 0.321 e. The maximum atomic E-state index is 12.7. The Morgan fingerprint density at radius 3 is 2.77 bits per heavy atom. The van der Waals surface area contributed by atoms with Crippen molar-refractivity contribution in [2.45, 2.75) is 38.6 Å². The van der Waals surface area contributed by atoms with Gasteiger partial charge < -0.3 is 20.0 Å². The van der Waals surface area contributed by atoms with Gasteiger partial charge in [0.25, 0.3) is 0 Å². The Morgan fingerprint density at radius 1 is 1.19 bits per heavy atom. The van der Waals surface area contributed by atoms with E-state index in [1.54, 1.807) is 11.0 Å². The van der Waals surface area contributed by atoms with E-state index in [4.69, 9.17) is 4.42 Å². The molecule has 31 heavy (non-hydrogen) atoms. The fraction of sp³-hybridized carbons (Fsp3) is 0.545. The lowest BCUT2D eigenvalue weighted by Crippen LogP contribution is -2.46. The predicted molar refractivity (Wildman–Crippen MR) is 116 cm³/mol. The number of likely N-dealkylation sites (tertiary alicyclic amines) is 2. The summed E-state index contributed by atoms with van der Waals surface area (Å²) in [6.07, 6.45) is 5.00. The molecule has 1 atom stereocenters. The van der Waals surface area contributed by atoms with Gasteiger partial charge in [0.1, 0.15) is 0 Å². The van der Waals surface area contributed by atoms with E-state index in [2.05, 4.69) is 32.7 Å². The number of carbonyl (C=O) groups excluding carboxylic acids is 2. The summed E-state index contributed by atoms with van der Waals surface area (Å²) >= 11 is 0. The Kier molecular flexibility index (Phi) is 6.81. The fourth-order valence-corrected chi connectivity index (χ4v) is 4.48. The van der Waals surface area contributed by atoms with Gasteiger partial charge in [0.05, 0.1) is 0 Å². The third kappa shape index (κ3) is 5.22. The number of aromatic nitrogens is 2. The third-order valence-corrected chi connectivity index (χ3v) is 6.29. The average molecular weight is 427 g/mol. The topological polar surface area (TPSA) is 104 Å². The van der Waals surface area contributed by atoms with Gasteiger partial charge >= 0.3 is 6.03 Å². The van der Waals surface area contributed by atoms with Crippen molar-refractivity contribution in [1.29, 1.82) is 0 Å². The highest BCUT2D eigenvalue weighted by Gasteiger charge is 2.29. The zero-order chi connectivity index (χ0) is 21.6. The molecule has 1 aromatic carbocycles. The minimum Gasteiger partial charge on any atom is -0.423 e. The Hall–Kier alpha value is -2.94. The summed E-state index contributed by atoms with van der Waals surface area (Å²) in [5.41, 5.74) is 1.41. The van der Waals surface area contributed by atoms with E-state index < -0.39 is 0 Å². The van der Waals surface area contributed by atoms with Crippen LogP contribution in [-0.2, 0) is 4.79 Å². The number of nitrogens with zero attached hydrogens (tertiary/aromatic N) is 4. The van der Waals surface area contributed by atoms with Gasteiger partial charge in [-0.15, -0.1) is 10.2 Å². The van der Waals surface area contributed by atoms with Crippen LogP contribution in [0.25, 0.3) is 11.5 Å². The molecule has 0 saturated carbocycles. The largest absolute Gasteiger partial charge is 0.423 e. The normalized spacial score (nSPS) is 20.0. The lowest BCUT2D eigenvalue weighted by molar-refractivity contribution is -0.126. The maximum absolute atomic E-state index is 12.7. The molecule has 3 amide bonds. The molecular formula is C22H30N6O3. The first kappa shape index (κ1) is 21.3. The molecule has 0 unspecified atom stereocenters. The Labute approximate surface area is 182 Å². The molecule has 166 valence electrons. The predicted octanol–water partition coefficient (Wildman–Crippen LogP) is 2.58. The minimum atomic E-state index is -0.161. The molecule has 9 heteroatoms. The molecule has 2 fully saturated rings. The lowest BCUT2D eigenvalue weighted by atomic mass is 9.96. The number of likely N-dealkylation sites (N-methyl/N-ethyl adjacent to an activating group) is 1. The van der Waals surface area contributed by atoms with Crippen LogP contribution in [0.4, 0.5) is 10.5 Å². The van der Waals surface area contributed by atoms with Crippen molar-refractivity contribution in [1.82, 2.24) is 25.3 Å². The molecule has 2 aliphatic heterocycles. The van der Waals surface area contributed by atoms with Crippen molar-refractivity contribution < 1.29 is 14.0 Å². The highest BCUT2D eigenvalue weighted by Crippen LogP contribution is 2.22. The molecule has 2 saturated heterocycles. The van der Waals surface area contributed by atoms with E-state index in [1.807, 2.05) is 18.2 Å². The van der Waals surface area contributed by atoms with Gasteiger partial charge in [0.15, 0.2) is 0 Å². The van der Waals surface area contributed by atoms with E-state index in [-0.39, 0.29) is 17.9 Å². The summed E-state index contributed by atoms with van der Waals surface area (Å²) in [5.74, 6) is 0.499. The number of benzene rings is 1. The molecular weight excluding hydrogens is 396 g/mol. The number of piperidine rings is 1. The molecule has 2 aliphatic rings. The van der Waals surface area contributed by atoms with Gasteiger partial charge in [0.2, 0.25) is 18.2 Å². The van der Waals surface area contributed by atoms with E-state index in [9.17, 15) is 9.59 Å². The molecule has 0 spiro atoms. The number of nitrogens with one attached hydrogen (secondary N) is 2. The third-order valence-electron chi connectivity index (χ3n) is 6.29. The van der Waals surface area contributed by atoms with Gasteiger partial charge in [-0.1, -0.05) is 13.0 Å². The number of urea groups is 1. The minimum absolute atomic E-state index is 0.0265. The second kappa shape index (κ2) is 9.91. The van der Waals surface area contributed by atoms with Crippen LogP contribution in [0.15, 0.2) is 35.1 Å². The van der Waals surface area contributed by atoms with Gasteiger partial charge in [-0.3, -0.25) is 9.69 Å². The SMILES string of the molecule is CCN1CCC[C@H]1CNC(=O)C1CCN(C(=O)Nc2cccc(-c3nnco3)c2)CC1. The van der Waals surface area contributed by atoms with E-state index in [0.717, 1.165) is 31.6 Å². The second-order valence-corrected chi connectivity index (χ2v) is 8.19. The molecule has 3 heterocycles. The number of hydrogen-bond acceptors (Lipinski definition) is 6. The molecule has 0 bridgehead atoms. The molecule has 4 rings (SSSR count). The van der Waals surface area contributed by atoms with Crippen molar-refractivity contribution >= 4 is 17.6 Å². The molecule has 9 nitrogen and oxygen atoms in total. The number of hydrogen-bond donors (Lipinski definition) is 2. The van der Waals surface area contributed by atoms with Gasteiger partial charge in [-0.05, 0) is 57.0 Å². The summed E-state index contributed by atoms with van der Waals surface area (Å²) in [7, 11) is 0. The number of anilines is 1. The van der Waals surface area contributed by atoms with Crippen LogP contribution in [0.2, 0.25) is 0 Å². The van der Waals surface area contributed by atoms with E-state index >= 15 is 0 Å². The Bertz CT molecular complexity index is 879. The first-order valence-corrected chi connectivity index (χ1v) is 11.1. The fourth-order valence-electron chi connectivity index (χ4n) is 4.48. The first-order chi connectivity index (χ1) is 15.1. The lowest BCUT2D eigenvalue weighted by Gasteiger charge is -2.32. The standard InChI is InChI=1S/C22H30N6O3/c1-2-27-10-4-7-19(27)14-23-20(29)16-8-11-28(12-9-16)22(30)25-18-6-3-5-17(13-18)21-26-24-15-31-21/h3,5-6,13,15-16,19H,2,4,7-12,14H2,1H3,(H,23,29)(H,25,30)/t19-/m0/s1. The van der Waals surface area contributed by atoms with E-state index in [1.165, 1.54) is 12.8 Å². The molecule has 2 N–H and O–H groups in total. The monoisotopic (exact) mass is 426 g/mol. The maximum Gasteiger partial charge on any atom is 0.321 e. The summed E-state index contributed by atoms with van der Waals surface area (Å²) in [5, 5.41) is 13.6.